The maximum atomic E-state index is 12.0. The summed E-state index contributed by atoms with van der Waals surface area (Å²) in [5, 5.41) is 9.52. The second-order valence-corrected chi connectivity index (χ2v) is 4.74. The fourth-order valence-corrected chi connectivity index (χ4v) is 2.05. The van der Waals surface area contributed by atoms with Crippen molar-refractivity contribution in [3.8, 4) is 5.75 Å². The highest BCUT2D eigenvalue weighted by Crippen LogP contribution is 2.19. The predicted octanol–water partition coefficient (Wildman–Crippen LogP) is 3.14. The minimum Gasteiger partial charge on any atom is -0.485 e. The van der Waals surface area contributed by atoms with Gasteiger partial charge in [0.2, 0.25) is 0 Å². The Morgan fingerprint density at radius 2 is 1.95 bits per heavy atom. The van der Waals surface area contributed by atoms with Gasteiger partial charge in [0.25, 0.3) is 0 Å². The normalized spacial score (nSPS) is 10.3. The number of benzene rings is 2. The molecule has 0 aliphatic rings. The quantitative estimate of drug-likeness (QED) is 0.832. The predicted molar refractivity (Wildman–Crippen MR) is 78.5 cm³/mol. The van der Waals surface area contributed by atoms with Gasteiger partial charge in [-0.25, -0.2) is 0 Å². The number of ether oxygens (including phenoxy) is 1. The van der Waals surface area contributed by atoms with Crippen LogP contribution in [-0.4, -0.2) is 24.1 Å². The van der Waals surface area contributed by atoms with Gasteiger partial charge < -0.3 is 9.84 Å². The van der Waals surface area contributed by atoms with E-state index in [0.717, 1.165) is 5.56 Å². The highest BCUT2D eigenvalue weighted by atomic mass is 35.5. The molecule has 4 heteroatoms. The number of rotatable bonds is 6. The topological polar surface area (TPSA) is 46.5 Å². The van der Waals surface area contributed by atoms with Crippen molar-refractivity contribution in [2.75, 3.05) is 13.2 Å². The fourth-order valence-electron chi connectivity index (χ4n) is 1.86. The van der Waals surface area contributed by atoms with Crippen molar-refractivity contribution in [1.29, 1.82) is 0 Å². The summed E-state index contributed by atoms with van der Waals surface area (Å²) in [5.74, 6) is 0.489. The largest absolute Gasteiger partial charge is 0.485 e. The first-order chi connectivity index (χ1) is 9.70. The average molecular weight is 291 g/mol. The molecule has 0 atom stereocenters. The van der Waals surface area contributed by atoms with Gasteiger partial charge in [-0.3, -0.25) is 4.79 Å². The summed E-state index contributed by atoms with van der Waals surface area (Å²) < 4.78 is 5.54. The van der Waals surface area contributed by atoms with Crippen LogP contribution >= 0.6 is 11.6 Å². The molecular weight excluding hydrogens is 276 g/mol. The zero-order valence-corrected chi connectivity index (χ0v) is 11.6. The Bertz CT molecular complexity index is 596. The molecule has 0 saturated heterocycles. The van der Waals surface area contributed by atoms with E-state index in [1.807, 2.05) is 18.2 Å². The summed E-state index contributed by atoms with van der Waals surface area (Å²) in [6.07, 6.45) is 0.502. The van der Waals surface area contributed by atoms with Gasteiger partial charge in [0.15, 0.2) is 12.4 Å². The number of carbonyl (C=O) groups is 1. The van der Waals surface area contributed by atoms with Crippen LogP contribution in [0.4, 0.5) is 0 Å². The van der Waals surface area contributed by atoms with E-state index in [0.29, 0.717) is 22.8 Å². The number of hydrogen-bond acceptors (Lipinski definition) is 3. The molecule has 0 unspecified atom stereocenters. The van der Waals surface area contributed by atoms with Crippen molar-refractivity contribution < 1.29 is 14.6 Å². The maximum Gasteiger partial charge on any atom is 0.200 e. The van der Waals surface area contributed by atoms with Crippen LogP contribution in [0.1, 0.15) is 15.9 Å². The summed E-state index contributed by atoms with van der Waals surface area (Å²) in [6, 6.07) is 14.1. The van der Waals surface area contributed by atoms with E-state index in [9.17, 15) is 4.79 Å². The number of halogens is 1. The number of aliphatic hydroxyl groups excluding tert-OH is 1. The van der Waals surface area contributed by atoms with Crippen LogP contribution in [0.5, 0.6) is 5.75 Å². The molecular formula is C16H15ClO3. The van der Waals surface area contributed by atoms with Gasteiger partial charge >= 0.3 is 0 Å². The summed E-state index contributed by atoms with van der Waals surface area (Å²) >= 11 is 5.85. The van der Waals surface area contributed by atoms with Crippen molar-refractivity contribution in [3.05, 3.63) is 64.7 Å². The van der Waals surface area contributed by atoms with Crippen LogP contribution in [-0.2, 0) is 6.42 Å². The molecule has 0 saturated carbocycles. The lowest BCUT2D eigenvalue weighted by Gasteiger charge is -2.10. The van der Waals surface area contributed by atoms with Gasteiger partial charge in [0.1, 0.15) is 5.75 Å². The molecule has 0 amide bonds. The van der Waals surface area contributed by atoms with E-state index in [1.165, 1.54) is 0 Å². The minimum atomic E-state index is -0.133. The monoisotopic (exact) mass is 290 g/mol. The number of carbonyl (C=O) groups excluding carboxylic acids is 1. The number of Topliss-reactive ketones (excluding diaryl/α,β-unsaturated/α-hetero) is 1. The molecule has 1 N–H and O–H groups in total. The first-order valence-corrected chi connectivity index (χ1v) is 6.69. The van der Waals surface area contributed by atoms with Gasteiger partial charge in [-0.05, 0) is 30.2 Å². The van der Waals surface area contributed by atoms with Crippen LogP contribution in [0, 0.1) is 0 Å². The zero-order chi connectivity index (χ0) is 14.4. The molecule has 0 heterocycles. The minimum absolute atomic E-state index is 0.0443. The lowest BCUT2D eigenvalue weighted by Crippen LogP contribution is -2.12. The van der Waals surface area contributed by atoms with E-state index in [-0.39, 0.29) is 19.0 Å². The fraction of sp³-hybridized carbons (Fsp3) is 0.188. The van der Waals surface area contributed by atoms with Gasteiger partial charge in [-0.2, -0.15) is 0 Å². The Kier molecular flexibility index (Phi) is 5.16. The SMILES string of the molecule is O=C(COc1ccccc1CCO)c1cccc(Cl)c1. The third-order valence-corrected chi connectivity index (χ3v) is 3.09. The van der Waals surface area contributed by atoms with Crippen LogP contribution < -0.4 is 4.74 Å². The van der Waals surface area contributed by atoms with Crippen molar-refractivity contribution in [3.63, 3.8) is 0 Å². The zero-order valence-electron chi connectivity index (χ0n) is 10.9. The first-order valence-electron chi connectivity index (χ1n) is 6.31. The molecule has 104 valence electrons. The molecule has 0 aliphatic carbocycles. The highest BCUT2D eigenvalue weighted by Gasteiger charge is 2.09. The number of ketones is 1. The molecule has 2 rings (SSSR count). The Morgan fingerprint density at radius 3 is 2.70 bits per heavy atom. The molecule has 0 spiro atoms. The van der Waals surface area contributed by atoms with Crippen LogP contribution in [0.3, 0.4) is 0 Å². The Balaban J connectivity index is 2.03. The van der Waals surface area contributed by atoms with Gasteiger partial charge in [0, 0.05) is 17.2 Å². The van der Waals surface area contributed by atoms with E-state index in [2.05, 4.69) is 0 Å². The second kappa shape index (κ2) is 7.08. The van der Waals surface area contributed by atoms with Gasteiger partial charge in [-0.15, -0.1) is 0 Å². The first kappa shape index (κ1) is 14.6. The Hall–Kier alpha value is -1.84. The number of hydrogen-bond donors (Lipinski definition) is 1. The standard InChI is InChI=1S/C16H15ClO3/c17-14-6-3-5-13(10-14)15(19)11-20-16-7-2-1-4-12(16)8-9-18/h1-7,10,18H,8-9,11H2. The van der Waals surface area contributed by atoms with Crippen LogP contribution in [0.2, 0.25) is 5.02 Å². The van der Waals surface area contributed by atoms with E-state index < -0.39 is 0 Å². The van der Waals surface area contributed by atoms with E-state index in [1.54, 1.807) is 30.3 Å². The van der Waals surface area contributed by atoms with Crippen molar-refractivity contribution >= 4 is 17.4 Å². The van der Waals surface area contributed by atoms with Crippen LogP contribution in [0.25, 0.3) is 0 Å². The lowest BCUT2D eigenvalue weighted by atomic mass is 10.1. The van der Waals surface area contributed by atoms with Crippen molar-refractivity contribution in [1.82, 2.24) is 0 Å². The second-order valence-electron chi connectivity index (χ2n) is 4.30. The summed E-state index contributed by atoms with van der Waals surface area (Å²) in [7, 11) is 0. The number of aliphatic hydroxyl groups is 1. The molecule has 2 aromatic carbocycles. The third kappa shape index (κ3) is 3.83. The highest BCUT2D eigenvalue weighted by molar-refractivity contribution is 6.31. The molecule has 0 aliphatic heterocycles. The molecule has 20 heavy (non-hydrogen) atoms. The Morgan fingerprint density at radius 1 is 1.15 bits per heavy atom. The molecule has 3 nitrogen and oxygen atoms in total. The van der Waals surface area contributed by atoms with E-state index >= 15 is 0 Å². The van der Waals surface area contributed by atoms with E-state index in [4.69, 9.17) is 21.4 Å². The smallest absolute Gasteiger partial charge is 0.200 e. The molecule has 0 fully saturated rings. The summed E-state index contributed by atoms with van der Waals surface area (Å²) in [4.78, 5) is 12.0. The van der Waals surface area contributed by atoms with Crippen LogP contribution in [0.15, 0.2) is 48.5 Å². The summed E-state index contributed by atoms with van der Waals surface area (Å²) in [6.45, 7) is -0.00853. The van der Waals surface area contributed by atoms with Crippen molar-refractivity contribution in [2.45, 2.75) is 6.42 Å². The van der Waals surface area contributed by atoms with Gasteiger partial charge in [0.05, 0.1) is 0 Å². The average Bonchev–Trinajstić information content (AvgIpc) is 2.46. The molecule has 0 aromatic heterocycles. The van der Waals surface area contributed by atoms with Gasteiger partial charge in [-0.1, -0.05) is 41.9 Å². The molecule has 2 aromatic rings. The lowest BCUT2D eigenvalue weighted by molar-refractivity contribution is 0.0921. The van der Waals surface area contributed by atoms with Crippen molar-refractivity contribution in [2.24, 2.45) is 0 Å². The molecule has 0 bridgehead atoms. The maximum absolute atomic E-state index is 12.0. The summed E-state index contributed by atoms with van der Waals surface area (Å²) in [5.41, 5.74) is 1.41. The molecule has 0 radical (unpaired) electrons. The third-order valence-electron chi connectivity index (χ3n) is 2.86. The number of para-hydroxylation sites is 1. The Labute approximate surface area is 122 Å².